The third-order valence-electron chi connectivity index (χ3n) is 8.65. The topological polar surface area (TPSA) is 89.7 Å². The lowest BCUT2D eigenvalue weighted by Crippen LogP contribution is -2.59. The van der Waals surface area contributed by atoms with Gasteiger partial charge in [0, 0.05) is 46.7 Å². The Morgan fingerprint density at radius 3 is 2.50 bits per heavy atom. The van der Waals surface area contributed by atoms with E-state index in [0.717, 1.165) is 43.6 Å². The van der Waals surface area contributed by atoms with Gasteiger partial charge >= 0.3 is 0 Å². The minimum atomic E-state index is -1.09. The first kappa shape index (κ1) is 20.7. The van der Waals surface area contributed by atoms with Crippen LogP contribution in [0.2, 0.25) is 0 Å². The molecule has 5 atom stereocenters. The normalized spacial score (nSPS) is 28.9. The smallest absolute Gasteiger partial charge is 0.254 e. The molecule has 3 aliphatic rings. The van der Waals surface area contributed by atoms with E-state index >= 15 is 0 Å². The minimum Gasteiger partial charge on any atom is -0.375 e. The minimum absolute atomic E-state index is 0.0289. The van der Waals surface area contributed by atoms with Gasteiger partial charge in [0.2, 0.25) is 0 Å². The molecule has 2 aromatic heterocycles. The Morgan fingerprint density at radius 2 is 1.78 bits per heavy atom. The number of benzene rings is 3. The second-order valence-electron chi connectivity index (χ2n) is 10.3. The molecule has 182 valence electrons. The monoisotopic (exact) mass is 482 g/mol. The summed E-state index contributed by atoms with van der Waals surface area (Å²) >= 11 is 0. The van der Waals surface area contributed by atoms with Crippen LogP contribution in [0.3, 0.4) is 0 Å². The van der Waals surface area contributed by atoms with Gasteiger partial charge in [-0.25, -0.2) is 0 Å². The highest BCUT2D eigenvalue weighted by molar-refractivity contribution is 6.31. The quantitative estimate of drug-likeness (QED) is 0.356. The Balaban J connectivity index is 1.73. The number of ether oxygens (including phenoxy) is 2. The van der Waals surface area contributed by atoms with Gasteiger partial charge in [-0.1, -0.05) is 36.4 Å². The fourth-order valence-electron chi connectivity index (χ4n) is 7.38. The first-order valence-electron chi connectivity index (χ1n) is 12.4. The number of methoxy groups -OCH3 is 1. The predicted octanol–water partition coefficient (Wildman–Crippen LogP) is 3.84. The number of hydrogen-bond donors (Lipinski definition) is 3. The molecule has 0 saturated carbocycles. The first-order chi connectivity index (χ1) is 17.5. The zero-order valence-electron chi connectivity index (χ0n) is 20.2. The Kier molecular flexibility index (Phi) is 3.83. The van der Waals surface area contributed by atoms with Gasteiger partial charge in [0.15, 0.2) is 12.0 Å². The molecule has 0 unspecified atom stereocenters. The van der Waals surface area contributed by atoms with Gasteiger partial charge in [-0.05, 0) is 26.1 Å². The molecule has 3 N–H and O–H groups in total. The summed E-state index contributed by atoms with van der Waals surface area (Å²) in [6.45, 7) is 2.09. The van der Waals surface area contributed by atoms with Crippen LogP contribution in [0.25, 0.3) is 43.6 Å². The van der Waals surface area contributed by atoms with Crippen LogP contribution in [-0.4, -0.2) is 46.5 Å². The molecule has 1 saturated heterocycles. The largest absolute Gasteiger partial charge is 0.375 e. The summed E-state index contributed by atoms with van der Waals surface area (Å²) in [5.41, 5.74) is 4.25. The molecule has 1 amide bonds. The Bertz CT molecular complexity index is 1790. The molecule has 5 heterocycles. The molecule has 8 heteroatoms. The Morgan fingerprint density at radius 1 is 1.08 bits per heavy atom. The van der Waals surface area contributed by atoms with E-state index in [1.807, 2.05) is 31.3 Å². The summed E-state index contributed by atoms with van der Waals surface area (Å²) in [6.07, 6.45) is -0.941. The van der Waals surface area contributed by atoms with Gasteiger partial charge in [0.1, 0.15) is 12.3 Å². The number of rotatable bonds is 2. The van der Waals surface area contributed by atoms with Gasteiger partial charge in [-0.2, -0.15) is 0 Å². The van der Waals surface area contributed by atoms with Gasteiger partial charge in [0.05, 0.1) is 27.6 Å². The Labute approximate surface area is 206 Å². The summed E-state index contributed by atoms with van der Waals surface area (Å²) in [5.74, 6) is -0.249. The van der Waals surface area contributed by atoms with Crippen LogP contribution in [0, 0.1) is 0 Å². The molecule has 8 nitrogen and oxygen atoms in total. The van der Waals surface area contributed by atoms with Crippen molar-refractivity contribution in [2.75, 3.05) is 14.2 Å². The SMILES string of the molecule is CN[C@@H]1C[C@H]2O[C@](C)([C@H]1OC)n1c3ccccc3c3c4c(c5c6ccccc6n2c5c31)C(=O)N[C@@H]4O. The fourth-order valence-corrected chi connectivity index (χ4v) is 7.38. The third-order valence-corrected chi connectivity index (χ3v) is 8.65. The lowest BCUT2D eigenvalue weighted by atomic mass is 9.93. The molecular formula is C28H26N4O4. The molecule has 1 fully saturated rings. The van der Waals surface area contributed by atoms with Crippen molar-refractivity contribution in [2.45, 2.75) is 43.7 Å². The number of aliphatic hydroxyl groups excluding tert-OH is 1. The standard InChI is InChI=1S/C28H26N4O4/c1-28-25(35-3)15(29-2)12-18(36-28)31-16-10-6-4-8-13(16)19-21-22(27(34)30-26(21)33)20-14-9-5-7-11-17(14)32(28)24(20)23(19)31/h4-11,15,18,25,27,29,34H,12H2,1-3H3,(H,30,33)/t15-,18-,25+,27-,28-/m1/s1. The third kappa shape index (κ3) is 2.15. The van der Waals surface area contributed by atoms with Gasteiger partial charge in [0.25, 0.3) is 5.91 Å². The first-order valence-corrected chi connectivity index (χ1v) is 12.4. The van der Waals surface area contributed by atoms with Crippen molar-refractivity contribution < 1.29 is 19.4 Å². The maximum atomic E-state index is 13.4. The van der Waals surface area contributed by atoms with Crippen LogP contribution >= 0.6 is 0 Å². The number of nitrogens with zero attached hydrogens (tertiary/aromatic N) is 2. The number of para-hydroxylation sites is 2. The van der Waals surface area contributed by atoms with E-state index in [-0.39, 0.29) is 24.3 Å². The molecule has 3 aliphatic heterocycles. The molecule has 0 aliphatic carbocycles. The molecule has 2 bridgehead atoms. The molecule has 0 spiro atoms. The molecule has 8 rings (SSSR count). The van der Waals surface area contributed by atoms with E-state index in [4.69, 9.17) is 9.47 Å². The second-order valence-corrected chi connectivity index (χ2v) is 10.3. The maximum Gasteiger partial charge on any atom is 0.254 e. The van der Waals surface area contributed by atoms with E-state index in [1.54, 1.807) is 7.11 Å². The van der Waals surface area contributed by atoms with Crippen molar-refractivity contribution in [1.82, 2.24) is 19.8 Å². The van der Waals surface area contributed by atoms with Gasteiger partial charge in [-0.15, -0.1) is 0 Å². The van der Waals surface area contributed by atoms with Crippen molar-refractivity contribution in [3.05, 3.63) is 59.7 Å². The van der Waals surface area contributed by atoms with E-state index in [2.05, 4.69) is 51.0 Å². The number of carbonyl (C=O) groups is 1. The van der Waals surface area contributed by atoms with E-state index in [0.29, 0.717) is 17.5 Å². The van der Waals surface area contributed by atoms with E-state index in [1.165, 1.54) is 0 Å². The zero-order chi connectivity index (χ0) is 24.5. The molecule has 36 heavy (non-hydrogen) atoms. The van der Waals surface area contributed by atoms with Crippen molar-refractivity contribution in [3.63, 3.8) is 0 Å². The number of likely N-dealkylation sites (N-methyl/N-ethyl adjacent to an activating group) is 1. The summed E-state index contributed by atoms with van der Waals surface area (Å²) in [5, 5.41) is 21.1. The molecule has 0 radical (unpaired) electrons. The average Bonchev–Trinajstić information content (AvgIpc) is 3.48. The maximum absolute atomic E-state index is 13.4. The predicted molar refractivity (Wildman–Crippen MR) is 137 cm³/mol. The van der Waals surface area contributed by atoms with Crippen LogP contribution in [-0.2, 0) is 15.2 Å². The van der Waals surface area contributed by atoms with Crippen LogP contribution in [0.1, 0.15) is 41.7 Å². The van der Waals surface area contributed by atoms with Gasteiger partial charge in [-0.3, -0.25) is 4.79 Å². The van der Waals surface area contributed by atoms with Gasteiger partial charge < -0.3 is 34.3 Å². The summed E-state index contributed by atoms with van der Waals surface area (Å²) in [7, 11) is 3.70. The molecular weight excluding hydrogens is 456 g/mol. The summed E-state index contributed by atoms with van der Waals surface area (Å²) in [4.78, 5) is 13.4. The zero-order valence-corrected chi connectivity index (χ0v) is 20.2. The Hall–Kier alpha value is -3.43. The highest BCUT2D eigenvalue weighted by atomic mass is 16.6. The van der Waals surface area contributed by atoms with Crippen LogP contribution in [0.5, 0.6) is 0 Å². The summed E-state index contributed by atoms with van der Waals surface area (Å²) in [6, 6.07) is 16.4. The lowest BCUT2D eigenvalue weighted by molar-refractivity contribution is -0.256. The number of nitrogens with one attached hydrogen (secondary N) is 2. The number of aliphatic hydroxyl groups is 1. The molecule has 3 aromatic carbocycles. The van der Waals surface area contributed by atoms with Crippen molar-refractivity contribution in [2.24, 2.45) is 0 Å². The number of hydrogen-bond acceptors (Lipinski definition) is 5. The lowest BCUT2D eigenvalue weighted by Gasteiger charge is -2.48. The van der Waals surface area contributed by atoms with Crippen LogP contribution < -0.4 is 10.6 Å². The van der Waals surface area contributed by atoms with Crippen molar-refractivity contribution in [1.29, 1.82) is 0 Å². The number of amides is 1. The van der Waals surface area contributed by atoms with Crippen molar-refractivity contribution >= 4 is 49.5 Å². The number of carbonyl (C=O) groups excluding carboxylic acids is 1. The molecule has 5 aromatic rings. The fraction of sp³-hybridized carbons (Fsp3) is 0.321. The highest BCUT2D eigenvalue weighted by Gasteiger charge is 2.53. The number of fused-ring (bicyclic) bond motifs is 13. The van der Waals surface area contributed by atoms with E-state index in [9.17, 15) is 9.90 Å². The van der Waals surface area contributed by atoms with Crippen LogP contribution in [0.4, 0.5) is 0 Å². The number of aromatic nitrogens is 2. The second kappa shape index (κ2) is 6.66. The highest BCUT2D eigenvalue weighted by Crippen LogP contribution is 2.54. The van der Waals surface area contributed by atoms with E-state index < -0.39 is 12.0 Å². The van der Waals surface area contributed by atoms with Crippen molar-refractivity contribution in [3.8, 4) is 0 Å². The van der Waals surface area contributed by atoms with Crippen LogP contribution in [0.15, 0.2) is 48.5 Å². The average molecular weight is 483 g/mol. The summed E-state index contributed by atoms with van der Waals surface area (Å²) < 4.78 is 17.7.